The van der Waals surface area contributed by atoms with Gasteiger partial charge in [-0.1, -0.05) is 60.7 Å². The Morgan fingerprint density at radius 2 is 1.55 bits per heavy atom. The number of ketones is 1. The van der Waals surface area contributed by atoms with E-state index >= 15 is 0 Å². The van der Waals surface area contributed by atoms with Gasteiger partial charge in [0.05, 0.1) is 5.56 Å². The predicted octanol–water partition coefficient (Wildman–Crippen LogP) is 4.93. The molecule has 154 valence electrons. The molecule has 3 aromatic carbocycles. The highest BCUT2D eigenvalue weighted by molar-refractivity contribution is 6.06. The first-order chi connectivity index (χ1) is 14.9. The van der Waals surface area contributed by atoms with Crippen molar-refractivity contribution in [1.82, 2.24) is 4.98 Å². The fraction of sp³-hybridized carbons (Fsp3) is 0.115. The van der Waals surface area contributed by atoms with Crippen molar-refractivity contribution in [1.29, 1.82) is 0 Å². The lowest BCUT2D eigenvalue weighted by Crippen LogP contribution is -2.22. The van der Waals surface area contributed by atoms with Crippen LogP contribution in [0.5, 0.6) is 0 Å². The fourth-order valence-corrected chi connectivity index (χ4v) is 3.49. The second kappa shape index (κ2) is 8.40. The van der Waals surface area contributed by atoms with E-state index in [9.17, 15) is 14.4 Å². The first kappa shape index (κ1) is 20.3. The van der Waals surface area contributed by atoms with Crippen LogP contribution in [0.1, 0.15) is 43.5 Å². The Balaban J connectivity index is 1.75. The molecule has 1 heterocycles. The van der Waals surface area contributed by atoms with Crippen LogP contribution >= 0.6 is 0 Å². The third-order valence-corrected chi connectivity index (χ3v) is 5.33. The Bertz CT molecular complexity index is 1340. The van der Waals surface area contributed by atoms with Gasteiger partial charge in [0.15, 0.2) is 6.10 Å². The van der Waals surface area contributed by atoms with Crippen molar-refractivity contribution in [3.63, 3.8) is 0 Å². The van der Waals surface area contributed by atoms with Crippen LogP contribution in [-0.4, -0.2) is 16.7 Å². The molecule has 0 saturated heterocycles. The number of ether oxygens (including phenoxy) is 1. The number of carbonyl (C=O) groups is 2. The Hall–Kier alpha value is -3.99. The van der Waals surface area contributed by atoms with Crippen molar-refractivity contribution in [3.8, 4) is 0 Å². The van der Waals surface area contributed by atoms with Gasteiger partial charge in [-0.15, -0.1) is 0 Å². The van der Waals surface area contributed by atoms with Gasteiger partial charge in [-0.25, -0.2) is 4.79 Å². The molecule has 1 aromatic heterocycles. The molecule has 4 aromatic rings. The first-order valence-electron chi connectivity index (χ1n) is 9.93. The molecule has 0 aliphatic carbocycles. The highest BCUT2D eigenvalue weighted by atomic mass is 16.5. The molecular weight excluding hydrogens is 390 g/mol. The number of hydrogen-bond donors (Lipinski definition) is 1. The molecule has 0 bridgehead atoms. The number of hydrogen-bond acceptors (Lipinski definition) is 4. The average Bonchev–Trinajstić information content (AvgIpc) is 2.78. The summed E-state index contributed by atoms with van der Waals surface area (Å²) in [6.07, 6.45) is -1.13. The van der Waals surface area contributed by atoms with Gasteiger partial charge in [0, 0.05) is 28.1 Å². The average molecular weight is 411 g/mol. The van der Waals surface area contributed by atoms with Crippen molar-refractivity contribution < 1.29 is 14.3 Å². The lowest BCUT2D eigenvalue weighted by molar-refractivity contribution is 0.0282. The number of rotatable bonds is 5. The van der Waals surface area contributed by atoms with E-state index in [4.69, 9.17) is 4.74 Å². The highest BCUT2D eigenvalue weighted by Gasteiger charge is 2.28. The molecule has 0 spiro atoms. The van der Waals surface area contributed by atoms with Crippen LogP contribution in [0, 0.1) is 13.8 Å². The summed E-state index contributed by atoms with van der Waals surface area (Å²) in [7, 11) is 0. The molecule has 31 heavy (non-hydrogen) atoms. The van der Waals surface area contributed by atoms with E-state index in [1.54, 1.807) is 60.7 Å². The Kier molecular flexibility index (Phi) is 5.50. The summed E-state index contributed by atoms with van der Waals surface area (Å²) in [6, 6.07) is 22.5. The monoisotopic (exact) mass is 411 g/mol. The Labute approximate surface area is 179 Å². The van der Waals surface area contributed by atoms with Crippen LogP contribution in [0.15, 0.2) is 83.7 Å². The van der Waals surface area contributed by atoms with Crippen LogP contribution in [0.3, 0.4) is 0 Å². The zero-order valence-electron chi connectivity index (χ0n) is 17.2. The molecule has 0 aliphatic rings. The molecule has 0 saturated carbocycles. The van der Waals surface area contributed by atoms with Crippen LogP contribution < -0.4 is 5.56 Å². The minimum Gasteiger partial charge on any atom is -0.445 e. The standard InChI is InChI=1S/C26H21NO4/c1-16-12-13-19(14-17(16)2)24(29)25(18-8-4-3-5-9-18)31-26(30)21-15-23(28)27-22-11-7-6-10-20(21)22/h3-15,25H,1-2H3,(H,27,28)/t25-/m0/s1. The van der Waals surface area contributed by atoms with Gasteiger partial charge in [0.1, 0.15) is 0 Å². The van der Waals surface area contributed by atoms with Crippen LogP contribution in [0.2, 0.25) is 0 Å². The second-order valence-electron chi connectivity index (χ2n) is 7.45. The number of aromatic amines is 1. The first-order valence-corrected chi connectivity index (χ1v) is 9.93. The molecule has 0 aliphatic heterocycles. The maximum atomic E-state index is 13.4. The van der Waals surface area contributed by atoms with Crippen molar-refractivity contribution in [3.05, 3.63) is 117 Å². The number of aryl methyl sites for hydroxylation is 2. The van der Waals surface area contributed by atoms with Gasteiger partial charge in [-0.2, -0.15) is 0 Å². The number of pyridine rings is 1. The fourth-order valence-electron chi connectivity index (χ4n) is 3.49. The molecule has 0 unspecified atom stereocenters. The molecule has 0 radical (unpaired) electrons. The van der Waals surface area contributed by atoms with Gasteiger partial charge in [-0.3, -0.25) is 9.59 Å². The number of H-pyrrole nitrogens is 1. The minimum absolute atomic E-state index is 0.119. The van der Waals surface area contributed by atoms with Crippen LogP contribution in [0.4, 0.5) is 0 Å². The molecule has 1 N–H and O–H groups in total. The van der Waals surface area contributed by atoms with E-state index in [1.807, 2.05) is 26.0 Å². The van der Waals surface area contributed by atoms with E-state index in [0.29, 0.717) is 22.0 Å². The summed E-state index contributed by atoms with van der Waals surface area (Å²) in [5.74, 6) is -1.05. The number of para-hydroxylation sites is 1. The van der Waals surface area contributed by atoms with Crippen molar-refractivity contribution in [2.45, 2.75) is 20.0 Å². The molecule has 5 nitrogen and oxygen atoms in total. The van der Waals surface area contributed by atoms with Gasteiger partial charge < -0.3 is 9.72 Å². The zero-order valence-corrected chi connectivity index (χ0v) is 17.2. The molecule has 4 rings (SSSR count). The summed E-state index contributed by atoms with van der Waals surface area (Å²) >= 11 is 0. The van der Waals surface area contributed by atoms with Gasteiger partial charge >= 0.3 is 5.97 Å². The number of fused-ring (bicyclic) bond motifs is 1. The van der Waals surface area contributed by atoms with Crippen molar-refractivity contribution in [2.24, 2.45) is 0 Å². The number of benzene rings is 3. The second-order valence-corrected chi connectivity index (χ2v) is 7.45. The lowest BCUT2D eigenvalue weighted by Gasteiger charge is -2.18. The highest BCUT2D eigenvalue weighted by Crippen LogP contribution is 2.26. The quantitative estimate of drug-likeness (QED) is 0.373. The summed E-state index contributed by atoms with van der Waals surface area (Å²) < 4.78 is 5.73. The molecule has 0 amide bonds. The molecule has 0 fully saturated rings. The maximum Gasteiger partial charge on any atom is 0.340 e. The Morgan fingerprint density at radius 3 is 2.29 bits per heavy atom. The van der Waals surface area contributed by atoms with E-state index in [-0.39, 0.29) is 11.3 Å². The van der Waals surface area contributed by atoms with Crippen molar-refractivity contribution in [2.75, 3.05) is 0 Å². The predicted molar refractivity (Wildman–Crippen MR) is 119 cm³/mol. The minimum atomic E-state index is -1.13. The van der Waals surface area contributed by atoms with Gasteiger partial charge in [-0.05, 0) is 37.1 Å². The van der Waals surface area contributed by atoms with Gasteiger partial charge in [0.2, 0.25) is 11.3 Å². The number of aromatic nitrogens is 1. The van der Waals surface area contributed by atoms with E-state index in [2.05, 4.69) is 4.98 Å². The summed E-state index contributed by atoms with van der Waals surface area (Å²) in [4.78, 5) is 41.2. The zero-order chi connectivity index (χ0) is 22.0. The van der Waals surface area contributed by atoms with Crippen molar-refractivity contribution >= 4 is 22.7 Å². The molecular formula is C26H21NO4. The maximum absolute atomic E-state index is 13.4. The topological polar surface area (TPSA) is 76.2 Å². The largest absolute Gasteiger partial charge is 0.445 e. The number of carbonyl (C=O) groups excluding carboxylic acids is 2. The smallest absolute Gasteiger partial charge is 0.340 e. The number of esters is 1. The third-order valence-electron chi connectivity index (χ3n) is 5.33. The summed E-state index contributed by atoms with van der Waals surface area (Å²) in [5, 5.41) is 0.553. The number of Topliss-reactive ketones (excluding diaryl/α,β-unsaturated/α-hetero) is 1. The van der Waals surface area contributed by atoms with E-state index in [1.165, 1.54) is 6.07 Å². The third kappa shape index (κ3) is 4.16. The normalized spacial score (nSPS) is 11.8. The Morgan fingerprint density at radius 1 is 0.839 bits per heavy atom. The van der Waals surface area contributed by atoms with Gasteiger partial charge in [0.25, 0.3) is 0 Å². The van der Waals surface area contributed by atoms with E-state index < -0.39 is 17.6 Å². The summed E-state index contributed by atoms with van der Waals surface area (Å²) in [6.45, 7) is 3.90. The summed E-state index contributed by atoms with van der Waals surface area (Å²) in [5.41, 5.74) is 3.30. The lowest BCUT2D eigenvalue weighted by atomic mass is 9.97. The van der Waals surface area contributed by atoms with E-state index in [0.717, 1.165) is 11.1 Å². The SMILES string of the molecule is Cc1ccc(C(=O)[C@@H](OC(=O)c2cc(=O)[nH]c3ccccc23)c2ccccc2)cc1C. The van der Waals surface area contributed by atoms with Crippen LogP contribution in [-0.2, 0) is 4.74 Å². The molecule has 1 atom stereocenters. The number of nitrogens with one attached hydrogen (secondary N) is 1. The molecule has 5 heteroatoms. The van der Waals surface area contributed by atoms with Crippen LogP contribution in [0.25, 0.3) is 10.9 Å².